The molecule has 3 aromatic rings. The zero-order valence-electron chi connectivity index (χ0n) is 12.3. The van der Waals surface area contributed by atoms with Gasteiger partial charge < -0.3 is 5.32 Å². The average Bonchev–Trinajstić information content (AvgIpc) is 2.54. The van der Waals surface area contributed by atoms with Gasteiger partial charge in [0.25, 0.3) is 6.43 Å². The van der Waals surface area contributed by atoms with Crippen molar-refractivity contribution in [2.75, 3.05) is 5.32 Å². The van der Waals surface area contributed by atoms with Gasteiger partial charge in [0.2, 0.25) is 0 Å². The second-order valence-electron chi connectivity index (χ2n) is 5.17. The maximum atomic E-state index is 13.0. The number of halogens is 3. The smallest absolute Gasteiger partial charge is 0.297 e. The van der Waals surface area contributed by atoms with Gasteiger partial charge in [-0.05, 0) is 36.8 Å². The number of nitrogens with zero attached hydrogens (tertiary/aromatic N) is 2. The van der Waals surface area contributed by atoms with Crippen LogP contribution in [0.1, 0.15) is 30.8 Å². The molecule has 0 aliphatic heterocycles. The van der Waals surface area contributed by atoms with Crippen LogP contribution in [0.4, 0.5) is 14.6 Å². The molecule has 1 atom stereocenters. The van der Waals surface area contributed by atoms with Gasteiger partial charge >= 0.3 is 0 Å². The lowest BCUT2D eigenvalue weighted by atomic mass is 10.1. The second kappa shape index (κ2) is 6.46. The highest BCUT2D eigenvalue weighted by Gasteiger charge is 2.16. The van der Waals surface area contributed by atoms with Crippen LogP contribution in [-0.2, 0) is 0 Å². The van der Waals surface area contributed by atoms with Gasteiger partial charge in [-0.3, -0.25) is 0 Å². The van der Waals surface area contributed by atoms with Crippen molar-refractivity contribution in [1.29, 1.82) is 0 Å². The van der Waals surface area contributed by atoms with Crippen molar-refractivity contribution in [2.45, 2.75) is 19.4 Å². The quantitative estimate of drug-likeness (QED) is 0.695. The molecule has 3 nitrogen and oxygen atoms in total. The Morgan fingerprint density at radius 2 is 1.83 bits per heavy atom. The van der Waals surface area contributed by atoms with Gasteiger partial charge in [-0.1, -0.05) is 35.9 Å². The first-order chi connectivity index (χ1) is 11.0. The van der Waals surface area contributed by atoms with Crippen LogP contribution in [-0.4, -0.2) is 9.97 Å². The molecule has 1 N–H and O–H groups in total. The molecule has 0 amide bonds. The van der Waals surface area contributed by atoms with E-state index in [-0.39, 0.29) is 6.04 Å². The lowest BCUT2D eigenvalue weighted by Crippen LogP contribution is -2.10. The van der Waals surface area contributed by atoms with Crippen molar-refractivity contribution in [3.8, 4) is 0 Å². The fourth-order valence-electron chi connectivity index (χ4n) is 2.37. The maximum absolute atomic E-state index is 13.0. The van der Waals surface area contributed by atoms with E-state index in [1.165, 1.54) is 0 Å². The number of hydrogen-bond acceptors (Lipinski definition) is 3. The fourth-order valence-corrected chi connectivity index (χ4v) is 2.57. The first kappa shape index (κ1) is 15.6. The number of benzene rings is 2. The minimum Gasteiger partial charge on any atom is -0.363 e. The van der Waals surface area contributed by atoms with E-state index in [9.17, 15) is 8.78 Å². The van der Waals surface area contributed by atoms with E-state index >= 15 is 0 Å². The van der Waals surface area contributed by atoms with Gasteiger partial charge in [0.15, 0.2) is 5.82 Å². The molecule has 0 aliphatic carbocycles. The van der Waals surface area contributed by atoms with Crippen LogP contribution in [0.15, 0.2) is 48.5 Å². The average molecular weight is 334 g/mol. The number of aromatic nitrogens is 2. The summed E-state index contributed by atoms with van der Waals surface area (Å²) in [6.45, 7) is 1.92. The zero-order chi connectivity index (χ0) is 16.4. The van der Waals surface area contributed by atoms with Crippen LogP contribution >= 0.6 is 11.6 Å². The summed E-state index contributed by atoms with van der Waals surface area (Å²) in [4.78, 5) is 7.89. The van der Waals surface area contributed by atoms with Crippen molar-refractivity contribution in [1.82, 2.24) is 9.97 Å². The molecule has 118 valence electrons. The first-order valence-electron chi connectivity index (χ1n) is 7.11. The Labute approximate surface area is 137 Å². The minimum absolute atomic E-state index is 0.141. The highest BCUT2D eigenvalue weighted by Crippen LogP contribution is 2.28. The van der Waals surface area contributed by atoms with Crippen molar-refractivity contribution in [2.24, 2.45) is 0 Å². The third-order valence-corrected chi connectivity index (χ3v) is 3.75. The van der Waals surface area contributed by atoms with Crippen molar-refractivity contribution < 1.29 is 8.78 Å². The van der Waals surface area contributed by atoms with Crippen molar-refractivity contribution in [3.05, 3.63) is 64.9 Å². The second-order valence-corrected chi connectivity index (χ2v) is 5.61. The number of para-hydroxylation sites is 1. The summed E-state index contributed by atoms with van der Waals surface area (Å²) in [5.41, 5.74) is 1.43. The lowest BCUT2D eigenvalue weighted by molar-refractivity contribution is 0.141. The highest BCUT2D eigenvalue weighted by atomic mass is 35.5. The van der Waals surface area contributed by atoms with Crippen LogP contribution in [0.3, 0.4) is 0 Å². The van der Waals surface area contributed by atoms with E-state index < -0.39 is 12.2 Å². The number of nitrogens with one attached hydrogen (secondary N) is 1. The Morgan fingerprint density at radius 1 is 1.04 bits per heavy atom. The van der Waals surface area contributed by atoms with Gasteiger partial charge in [0.1, 0.15) is 5.82 Å². The van der Waals surface area contributed by atoms with Crippen LogP contribution < -0.4 is 5.32 Å². The van der Waals surface area contributed by atoms with Crippen LogP contribution in [0.2, 0.25) is 5.02 Å². The molecule has 1 aromatic heterocycles. The predicted octanol–water partition coefficient (Wildman–Crippen LogP) is 5.39. The summed E-state index contributed by atoms with van der Waals surface area (Å²) in [5.74, 6) is -0.0946. The molecule has 1 heterocycles. The van der Waals surface area contributed by atoms with Gasteiger partial charge in [-0.25, -0.2) is 18.7 Å². The van der Waals surface area contributed by atoms with Crippen LogP contribution in [0, 0.1) is 0 Å². The molecule has 0 saturated heterocycles. The molecule has 2 aromatic carbocycles. The van der Waals surface area contributed by atoms with E-state index in [0.717, 1.165) is 5.56 Å². The molecule has 0 aliphatic rings. The number of hydrogen-bond donors (Lipinski definition) is 1. The van der Waals surface area contributed by atoms with E-state index in [1.807, 2.05) is 31.2 Å². The summed E-state index contributed by atoms with van der Waals surface area (Å²) >= 11 is 6.00. The molecule has 23 heavy (non-hydrogen) atoms. The van der Waals surface area contributed by atoms with E-state index in [4.69, 9.17) is 11.6 Å². The Bertz CT molecular complexity index is 839. The van der Waals surface area contributed by atoms with E-state index in [1.54, 1.807) is 24.3 Å². The van der Waals surface area contributed by atoms with Crippen molar-refractivity contribution in [3.63, 3.8) is 0 Å². The van der Waals surface area contributed by atoms with Crippen LogP contribution in [0.5, 0.6) is 0 Å². The largest absolute Gasteiger partial charge is 0.363 e. The molecular formula is C17H14ClF2N3. The Balaban J connectivity index is 2.01. The summed E-state index contributed by atoms with van der Waals surface area (Å²) in [6.07, 6.45) is -2.72. The fraction of sp³-hybridized carbons (Fsp3) is 0.176. The monoisotopic (exact) mass is 333 g/mol. The van der Waals surface area contributed by atoms with Gasteiger partial charge in [-0.2, -0.15) is 0 Å². The molecule has 3 rings (SSSR count). The highest BCUT2D eigenvalue weighted by molar-refractivity contribution is 6.30. The Kier molecular flexibility index (Phi) is 4.39. The standard InChI is InChI=1S/C17H14ClF2N3/c1-10(11-5-4-6-12(18)9-11)21-16-13-7-2-3-8-14(13)22-17(23-16)15(19)20/h2-10,15H,1H3,(H,21,22,23). The minimum atomic E-state index is -2.72. The normalized spacial score (nSPS) is 12.6. The number of rotatable bonds is 4. The molecule has 1 unspecified atom stereocenters. The summed E-state index contributed by atoms with van der Waals surface area (Å²) in [5, 5.41) is 4.50. The van der Waals surface area contributed by atoms with Gasteiger partial charge in [-0.15, -0.1) is 0 Å². The molecule has 0 spiro atoms. The molecule has 0 saturated carbocycles. The number of alkyl halides is 2. The third-order valence-electron chi connectivity index (χ3n) is 3.52. The molecule has 6 heteroatoms. The summed E-state index contributed by atoms with van der Waals surface area (Å²) < 4.78 is 26.0. The molecular weight excluding hydrogens is 320 g/mol. The number of fused-ring (bicyclic) bond motifs is 1. The number of anilines is 1. The van der Waals surface area contributed by atoms with Crippen LogP contribution in [0.25, 0.3) is 10.9 Å². The predicted molar refractivity (Wildman–Crippen MR) is 88.0 cm³/mol. The Morgan fingerprint density at radius 3 is 2.57 bits per heavy atom. The Hall–Kier alpha value is -2.27. The summed E-state index contributed by atoms with van der Waals surface area (Å²) in [6, 6.07) is 14.3. The molecule has 0 bridgehead atoms. The van der Waals surface area contributed by atoms with Crippen molar-refractivity contribution >= 4 is 28.3 Å². The lowest BCUT2D eigenvalue weighted by Gasteiger charge is -2.17. The van der Waals surface area contributed by atoms with Gasteiger partial charge in [0, 0.05) is 10.4 Å². The molecule has 0 radical (unpaired) electrons. The zero-order valence-corrected chi connectivity index (χ0v) is 13.1. The summed E-state index contributed by atoms with van der Waals surface area (Å²) in [7, 11) is 0. The van der Waals surface area contributed by atoms with E-state index in [0.29, 0.717) is 21.7 Å². The maximum Gasteiger partial charge on any atom is 0.297 e. The SMILES string of the molecule is CC(Nc1nc(C(F)F)nc2ccccc12)c1cccc(Cl)c1. The van der Waals surface area contributed by atoms with E-state index in [2.05, 4.69) is 15.3 Å². The third kappa shape index (κ3) is 3.40. The first-order valence-corrected chi connectivity index (χ1v) is 7.49. The topological polar surface area (TPSA) is 37.8 Å². The molecule has 0 fully saturated rings. The van der Waals surface area contributed by atoms with Gasteiger partial charge in [0.05, 0.1) is 11.6 Å².